The van der Waals surface area contributed by atoms with Crippen LogP contribution in [0.3, 0.4) is 0 Å². The molecule has 0 saturated carbocycles. The van der Waals surface area contributed by atoms with E-state index >= 15 is 0 Å². The number of carboxylic acids is 3. The average Bonchev–Trinajstić information content (AvgIpc) is 2.46. The van der Waals surface area contributed by atoms with Gasteiger partial charge in [-0.2, -0.15) is 0 Å². The van der Waals surface area contributed by atoms with Gasteiger partial charge in [-0.15, -0.1) is 0 Å². The zero-order valence-electron chi connectivity index (χ0n) is 15.3. The molecule has 15 nitrogen and oxygen atoms in total. The summed E-state index contributed by atoms with van der Waals surface area (Å²) in [6.45, 7) is -0.681. The Balaban J connectivity index is -0.000000320. The molecule has 15 heteroatoms. The zero-order valence-corrected chi connectivity index (χ0v) is 15.3. The van der Waals surface area contributed by atoms with Crippen LogP contribution in [0.2, 0.25) is 0 Å². The highest BCUT2D eigenvalue weighted by Crippen LogP contribution is 1.78. The predicted molar refractivity (Wildman–Crippen MR) is 96.5 cm³/mol. The number of nitrogens with two attached hydrogens (primary N) is 3. The first kappa shape index (κ1) is 28.0. The van der Waals surface area contributed by atoms with Crippen LogP contribution in [0, 0.1) is 16.2 Å². The van der Waals surface area contributed by atoms with Crippen LogP contribution < -0.4 is 17.2 Å². The van der Waals surface area contributed by atoms with Crippen molar-refractivity contribution in [1.29, 1.82) is 16.2 Å². The van der Waals surface area contributed by atoms with E-state index in [0.717, 1.165) is 14.7 Å². The number of nitrogens with zero attached hydrogens (tertiary/aromatic N) is 3. The second-order valence-corrected chi connectivity index (χ2v) is 4.91. The third-order valence-electron chi connectivity index (χ3n) is 2.35. The molecule has 0 radical (unpaired) electrons. The molecule has 0 fully saturated rings. The molecular formula is C12H27N9O6. The van der Waals surface area contributed by atoms with Gasteiger partial charge in [-0.25, -0.2) is 0 Å². The van der Waals surface area contributed by atoms with Crippen molar-refractivity contribution in [3.63, 3.8) is 0 Å². The molecule has 0 aliphatic heterocycles. The molecule has 0 amide bonds. The third kappa shape index (κ3) is 22.2. The number of likely N-dealkylation sites (N-methyl/N-ethyl adjacent to an activating group) is 3. The minimum atomic E-state index is -0.993. The molecule has 12 N–H and O–H groups in total. The first-order valence-corrected chi connectivity index (χ1v) is 6.92. The molecular weight excluding hydrogens is 366 g/mol. The number of nitrogens with one attached hydrogen (secondary N) is 3. The first-order chi connectivity index (χ1) is 12.1. The Morgan fingerprint density at radius 3 is 0.815 bits per heavy atom. The number of aliphatic carboxylic acids is 3. The van der Waals surface area contributed by atoms with Crippen molar-refractivity contribution < 1.29 is 29.7 Å². The minimum Gasteiger partial charge on any atom is -0.480 e. The number of guanidine groups is 3. The fourth-order valence-electron chi connectivity index (χ4n) is 0.864. The minimum absolute atomic E-state index is 0.227. The number of rotatable bonds is 6. The Morgan fingerprint density at radius 2 is 0.778 bits per heavy atom. The molecule has 0 bridgehead atoms. The Labute approximate surface area is 155 Å². The van der Waals surface area contributed by atoms with Crippen LogP contribution >= 0.6 is 0 Å². The van der Waals surface area contributed by atoms with Crippen molar-refractivity contribution in [2.24, 2.45) is 17.2 Å². The molecule has 0 aromatic carbocycles. The van der Waals surface area contributed by atoms with E-state index in [1.54, 1.807) is 0 Å². The van der Waals surface area contributed by atoms with Gasteiger partial charge in [-0.1, -0.05) is 0 Å². The van der Waals surface area contributed by atoms with Gasteiger partial charge in [0.25, 0.3) is 0 Å². The zero-order chi connectivity index (χ0) is 22.3. The summed E-state index contributed by atoms with van der Waals surface area (Å²) in [4.78, 5) is 33.1. The Morgan fingerprint density at radius 1 is 0.630 bits per heavy atom. The Hall–Kier alpha value is -3.78. The molecule has 156 valence electrons. The summed E-state index contributed by atoms with van der Waals surface area (Å²) in [7, 11) is 4.32. The molecule has 0 aliphatic rings. The quantitative estimate of drug-likeness (QED) is 0.158. The van der Waals surface area contributed by atoms with Gasteiger partial charge in [0.15, 0.2) is 17.9 Å². The molecule has 0 rings (SSSR count). The molecule has 27 heavy (non-hydrogen) atoms. The van der Waals surface area contributed by atoms with Crippen LogP contribution in [0.1, 0.15) is 0 Å². The second kappa shape index (κ2) is 14.6. The Bertz CT molecular complexity index is 477. The fourth-order valence-corrected chi connectivity index (χ4v) is 0.864. The molecule has 0 aliphatic carbocycles. The summed E-state index contributed by atoms with van der Waals surface area (Å²) in [5.74, 6) is -3.69. The van der Waals surface area contributed by atoms with Crippen molar-refractivity contribution in [2.75, 3.05) is 40.8 Å². The molecule has 0 saturated heterocycles. The lowest BCUT2D eigenvalue weighted by Gasteiger charge is -2.12. The highest BCUT2D eigenvalue weighted by molar-refractivity contribution is 5.81. The van der Waals surface area contributed by atoms with Gasteiger partial charge >= 0.3 is 17.9 Å². The van der Waals surface area contributed by atoms with Gasteiger partial charge in [0.05, 0.1) is 0 Å². The van der Waals surface area contributed by atoms with Crippen LogP contribution in [-0.4, -0.2) is 107 Å². The lowest BCUT2D eigenvalue weighted by Crippen LogP contribution is -2.36. The summed E-state index contributed by atoms with van der Waals surface area (Å²) >= 11 is 0. The molecule has 0 spiro atoms. The number of carboxylic acid groups (broad SMARTS) is 3. The summed E-state index contributed by atoms with van der Waals surface area (Å²) in [6.07, 6.45) is 0. The third-order valence-corrected chi connectivity index (χ3v) is 2.35. The highest BCUT2D eigenvalue weighted by atomic mass is 16.4. The normalized spacial score (nSPS) is 8.56. The average molecular weight is 393 g/mol. The second-order valence-electron chi connectivity index (χ2n) is 4.91. The Kier molecular flexibility index (Phi) is 15.1. The van der Waals surface area contributed by atoms with E-state index < -0.39 is 17.9 Å². The molecule has 0 aromatic rings. The van der Waals surface area contributed by atoms with Gasteiger partial charge in [0, 0.05) is 21.1 Å². The van der Waals surface area contributed by atoms with E-state index in [4.69, 9.17) is 48.7 Å². The molecule has 0 aromatic heterocycles. The van der Waals surface area contributed by atoms with E-state index in [-0.39, 0.29) is 37.5 Å². The fraction of sp³-hybridized carbons (Fsp3) is 0.500. The summed E-state index contributed by atoms with van der Waals surface area (Å²) in [5.41, 5.74) is 14.8. The molecule has 0 heterocycles. The lowest BCUT2D eigenvalue weighted by molar-refractivity contribution is -0.138. The number of hydrogen-bond donors (Lipinski definition) is 9. The van der Waals surface area contributed by atoms with E-state index in [1.807, 2.05) is 0 Å². The topological polar surface area (TPSA) is 271 Å². The van der Waals surface area contributed by atoms with Gasteiger partial charge in [0.2, 0.25) is 0 Å². The van der Waals surface area contributed by atoms with Crippen LogP contribution in [0.4, 0.5) is 0 Å². The van der Waals surface area contributed by atoms with Crippen molar-refractivity contribution >= 4 is 35.8 Å². The summed E-state index contributed by atoms with van der Waals surface area (Å²) in [6, 6.07) is 0. The van der Waals surface area contributed by atoms with Crippen LogP contribution in [0.25, 0.3) is 0 Å². The maximum Gasteiger partial charge on any atom is 0.323 e. The smallest absolute Gasteiger partial charge is 0.323 e. The van der Waals surface area contributed by atoms with Gasteiger partial charge in [0.1, 0.15) is 19.6 Å². The predicted octanol–water partition coefficient (Wildman–Crippen LogP) is -3.31. The SMILES string of the molecule is CN(CC(=O)O)C(=N)N.CN(CC(=O)O)C(=N)N.CN(CC(=O)O)C(=N)N. The lowest BCUT2D eigenvalue weighted by atomic mass is 10.6. The van der Waals surface area contributed by atoms with Gasteiger partial charge in [-0.05, 0) is 0 Å². The highest BCUT2D eigenvalue weighted by Gasteiger charge is 2.04. The van der Waals surface area contributed by atoms with Crippen LogP contribution in [0.15, 0.2) is 0 Å². The maximum absolute atomic E-state index is 9.92. The van der Waals surface area contributed by atoms with Crippen molar-refractivity contribution in [3.05, 3.63) is 0 Å². The first-order valence-electron chi connectivity index (χ1n) is 6.92. The van der Waals surface area contributed by atoms with Gasteiger partial charge in [-0.3, -0.25) is 30.6 Å². The summed E-state index contributed by atoms with van der Waals surface area (Å²) in [5, 5.41) is 44.6. The van der Waals surface area contributed by atoms with E-state index in [0.29, 0.717) is 0 Å². The monoisotopic (exact) mass is 393 g/mol. The van der Waals surface area contributed by atoms with Crippen LogP contribution in [0.5, 0.6) is 0 Å². The van der Waals surface area contributed by atoms with Crippen molar-refractivity contribution in [2.45, 2.75) is 0 Å². The van der Waals surface area contributed by atoms with Crippen molar-refractivity contribution in [1.82, 2.24) is 14.7 Å². The van der Waals surface area contributed by atoms with Gasteiger partial charge < -0.3 is 47.2 Å². The van der Waals surface area contributed by atoms with E-state index in [1.165, 1.54) is 21.1 Å². The number of hydrogen-bond acceptors (Lipinski definition) is 6. The van der Waals surface area contributed by atoms with E-state index in [9.17, 15) is 14.4 Å². The van der Waals surface area contributed by atoms with E-state index in [2.05, 4.69) is 0 Å². The number of carbonyl (C=O) groups is 3. The molecule has 0 atom stereocenters. The molecule has 0 unspecified atom stereocenters. The maximum atomic E-state index is 9.92. The summed E-state index contributed by atoms with van der Waals surface area (Å²) < 4.78 is 0. The largest absolute Gasteiger partial charge is 0.480 e. The van der Waals surface area contributed by atoms with Crippen molar-refractivity contribution in [3.8, 4) is 0 Å². The standard InChI is InChI=1S/3C4H9N3O2/c3*1-7(4(5)6)2-3(8)9/h3*2H2,1H3,(H3,5,6)(H,8,9). The van der Waals surface area contributed by atoms with Crippen LogP contribution in [-0.2, 0) is 14.4 Å².